The third kappa shape index (κ3) is 6.65. The molecule has 0 fully saturated rings. The molecule has 2 aromatic rings. The molecule has 12 heteroatoms. The topological polar surface area (TPSA) is 143 Å². The molecule has 0 N–H and O–H groups in total. The number of nitrogens with zero attached hydrogens (tertiary/aromatic N) is 4. The van der Waals surface area contributed by atoms with Gasteiger partial charge >= 0.3 is 18.3 Å². The van der Waals surface area contributed by atoms with Gasteiger partial charge in [0.1, 0.15) is 16.8 Å². The van der Waals surface area contributed by atoms with E-state index >= 15 is 0 Å². The quantitative estimate of drug-likeness (QED) is 0.314. The Balaban J connectivity index is 2.82. The summed E-state index contributed by atoms with van der Waals surface area (Å²) in [4.78, 5) is 54.7. The SMILES string of the molecule is CC(C)(C)OC(=O)N(C(=O)OC(C)(C)C)c1nc2ccc([N+](=O)[O-])cc2n1C(=O)OC(C)(C)C. The molecule has 0 radical (unpaired) electrons. The first-order valence-corrected chi connectivity index (χ1v) is 10.5. The number of anilines is 1. The predicted molar refractivity (Wildman–Crippen MR) is 123 cm³/mol. The van der Waals surface area contributed by atoms with Crippen LogP contribution in [0.3, 0.4) is 0 Å². The molecular weight excluding hydrogens is 448 g/mol. The van der Waals surface area contributed by atoms with Gasteiger partial charge in [0, 0.05) is 12.1 Å². The van der Waals surface area contributed by atoms with Crippen molar-refractivity contribution in [1.29, 1.82) is 0 Å². The van der Waals surface area contributed by atoms with E-state index in [0.717, 1.165) is 10.6 Å². The maximum atomic E-state index is 13.2. The second-order valence-corrected chi connectivity index (χ2v) is 10.5. The minimum absolute atomic E-state index is 0.0458. The van der Waals surface area contributed by atoms with Gasteiger partial charge in [-0.15, -0.1) is 4.90 Å². The zero-order valence-corrected chi connectivity index (χ0v) is 20.8. The average Bonchev–Trinajstić information content (AvgIpc) is 2.94. The number of nitro groups is 1. The van der Waals surface area contributed by atoms with Crippen LogP contribution >= 0.6 is 0 Å². The zero-order valence-electron chi connectivity index (χ0n) is 20.8. The van der Waals surface area contributed by atoms with Crippen molar-refractivity contribution in [3.8, 4) is 0 Å². The maximum absolute atomic E-state index is 13.2. The molecule has 0 atom stereocenters. The highest BCUT2D eigenvalue weighted by molar-refractivity contribution is 6.10. The van der Waals surface area contributed by atoms with Crippen molar-refractivity contribution >= 4 is 40.9 Å². The van der Waals surface area contributed by atoms with Gasteiger partial charge in [0.2, 0.25) is 5.95 Å². The molecule has 0 saturated carbocycles. The average molecular weight is 479 g/mol. The summed E-state index contributed by atoms with van der Waals surface area (Å²) < 4.78 is 16.9. The molecule has 0 bridgehead atoms. The summed E-state index contributed by atoms with van der Waals surface area (Å²) in [6.07, 6.45) is -3.32. The third-order valence-electron chi connectivity index (χ3n) is 3.76. The van der Waals surface area contributed by atoms with E-state index in [1.54, 1.807) is 62.3 Å². The third-order valence-corrected chi connectivity index (χ3v) is 3.76. The standard InChI is InChI=1S/C22H30N4O8/c1-20(2,3)32-17(27)24-15-12-13(26(30)31)10-11-14(15)23-16(24)25(18(28)33-21(4,5)6)19(29)34-22(7,8)9/h10-12H,1-9H3. The van der Waals surface area contributed by atoms with Crippen LogP contribution in [0.2, 0.25) is 0 Å². The summed E-state index contributed by atoms with van der Waals surface area (Å²) in [5, 5.41) is 11.3. The molecule has 186 valence electrons. The fourth-order valence-corrected chi connectivity index (χ4v) is 2.66. The number of carbonyl (C=O) groups is 3. The Morgan fingerprint density at radius 1 is 0.882 bits per heavy atom. The fraction of sp³-hybridized carbons (Fsp3) is 0.545. The number of non-ortho nitro benzene ring substituents is 1. The van der Waals surface area contributed by atoms with Crippen molar-refractivity contribution in [3.05, 3.63) is 28.3 Å². The van der Waals surface area contributed by atoms with Gasteiger partial charge in [-0.05, 0) is 68.4 Å². The van der Waals surface area contributed by atoms with Gasteiger partial charge in [-0.25, -0.2) is 23.9 Å². The Bertz CT molecular complexity index is 1100. The highest BCUT2D eigenvalue weighted by Gasteiger charge is 2.38. The molecule has 1 aromatic carbocycles. The monoisotopic (exact) mass is 478 g/mol. The van der Waals surface area contributed by atoms with Crippen LogP contribution in [0.5, 0.6) is 0 Å². The molecule has 12 nitrogen and oxygen atoms in total. The van der Waals surface area contributed by atoms with Gasteiger partial charge in [-0.3, -0.25) is 10.1 Å². The number of carbonyl (C=O) groups excluding carboxylic acids is 3. The van der Waals surface area contributed by atoms with Crippen molar-refractivity contribution < 1.29 is 33.5 Å². The summed E-state index contributed by atoms with van der Waals surface area (Å²) in [7, 11) is 0. The normalized spacial score (nSPS) is 12.3. The molecule has 1 aromatic heterocycles. The number of fused-ring (bicyclic) bond motifs is 1. The second-order valence-electron chi connectivity index (χ2n) is 10.5. The van der Waals surface area contributed by atoms with E-state index in [1.165, 1.54) is 12.1 Å². The molecule has 1 heterocycles. The molecule has 2 amide bonds. The highest BCUT2D eigenvalue weighted by atomic mass is 16.6. The lowest BCUT2D eigenvalue weighted by Gasteiger charge is -2.28. The molecular formula is C22H30N4O8. The minimum atomic E-state index is -1.16. The number of ether oxygens (including phenoxy) is 3. The van der Waals surface area contributed by atoms with E-state index in [2.05, 4.69) is 4.98 Å². The fourth-order valence-electron chi connectivity index (χ4n) is 2.66. The van der Waals surface area contributed by atoms with E-state index in [1.807, 2.05) is 0 Å². The van der Waals surface area contributed by atoms with Gasteiger partial charge in [0.05, 0.1) is 16.0 Å². The summed E-state index contributed by atoms with van der Waals surface area (Å²) in [5.41, 5.74) is -3.24. The number of aromatic nitrogens is 2. The Kier molecular flexibility index (Phi) is 6.96. The van der Waals surface area contributed by atoms with E-state index in [-0.39, 0.29) is 16.7 Å². The Labute approximate surface area is 196 Å². The van der Waals surface area contributed by atoms with Crippen LogP contribution in [0.15, 0.2) is 18.2 Å². The van der Waals surface area contributed by atoms with Gasteiger partial charge in [0.25, 0.3) is 5.69 Å². The number of hydrogen-bond acceptors (Lipinski definition) is 9. The Morgan fingerprint density at radius 3 is 1.76 bits per heavy atom. The first-order chi connectivity index (χ1) is 15.3. The molecule has 0 aliphatic heterocycles. The smallest absolute Gasteiger partial charge is 0.427 e. The number of nitro benzene ring substituents is 1. The maximum Gasteiger partial charge on any atom is 0.427 e. The number of amides is 2. The van der Waals surface area contributed by atoms with Gasteiger partial charge in [-0.1, -0.05) is 0 Å². The lowest BCUT2D eigenvalue weighted by molar-refractivity contribution is -0.384. The summed E-state index contributed by atoms with van der Waals surface area (Å²) in [6.45, 7) is 14.4. The molecule has 0 aliphatic rings. The highest BCUT2D eigenvalue weighted by Crippen LogP contribution is 2.29. The summed E-state index contributed by atoms with van der Waals surface area (Å²) >= 11 is 0. The lowest BCUT2D eigenvalue weighted by atomic mass is 10.2. The van der Waals surface area contributed by atoms with Crippen LogP contribution in [0.25, 0.3) is 11.0 Å². The van der Waals surface area contributed by atoms with Crippen molar-refractivity contribution in [2.24, 2.45) is 0 Å². The lowest BCUT2D eigenvalue weighted by Crippen LogP contribution is -2.45. The Morgan fingerprint density at radius 2 is 1.35 bits per heavy atom. The molecule has 0 aliphatic carbocycles. The Hall–Kier alpha value is -3.70. The van der Waals surface area contributed by atoms with Crippen LogP contribution in [0.4, 0.5) is 26.0 Å². The number of imidazole rings is 1. The van der Waals surface area contributed by atoms with Crippen LogP contribution in [0.1, 0.15) is 62.3 Å². The number of imide groups is 1. The first-order valence-electron chi connectivity index (χ1n) is 10.5. The molecule has 0 unspecified atom stereocenters. The van der Waals surface area contributed by atoms with Crippen molar-refractivity contribution in [1.82, 2.24) is 9.55 Å². The number of hydrogen-bond donors (Lipinski definition) is 0. The van der Waals surface area contributed by atoms with E-state index in [9.17, 15) is 24.5 Å². The molecule has 0 spiro atoms. The zero-order chi connectivity index (χ0) is 26.2. The minimum Gasteiger partial charge on any atom is -0.443 e. The first kappa shape index (κ1) is 26.6. The van der Waals surface area contributed by atoms with Crippen molar-refractivity contribution in [2.75, 3.05) is 4.90 Å². The largest absolute Gasteiger partial charge is 0.443 e. The van der Waals surface area contributed by atoms with E-state index in [0.29, 0.717) is 4.90 Å². The van der Waals surface area contributed by atoms with Gasteiger partial charge < -0.3 is 14.2 Å². The van der Waals surface area contributed by atoms with Gasteiger partial charge in [-0.2, -0.15) is 0 Å². The van der Waals surface area contributed by atoms with E-state index in [4.69, 9.17) is 14.2 Å². The molecule has 0 saturated heterocycles. The van der Waals surface area contributed by atoms with E-state index < -0.39 is 46.0 Å². The van der Waals surface area contributed by atoms with Crippen molar-refractivity contribution in [3.63, 3.8) is 0 Å². The van der Waals surface area contributed by atoms with Crippen LogP contribution in [-0.2, 0) is 14.2 Å². The number of benzene rings is 1. The second kappa shape index (κ2) is 8.92. The van der Waals surface area contributed by atoms with Gasteiger partial charge in [0.15, 0.2) is 0 Å². The summed E-state index contributed by atoms with van der Waals surface area (Å²) in [5.74, 6) is -0.492. The van der Waals surface area contributed by atoms with Crippen LogP contribution in [-0.4, -0.2) is 49.6 Å². The molecule has 34 heavy (non-hydrogen) atoms. The van der Waals surface area contributed by atoms with Crippen LogP contribution in [0, 0.1) is 10.1 Å². The van der Waals surface area contributed by atoms with Crippen molar-refractivity contribution in [2.45, 2.75) is 79.1 Å². The number of rotatable bonds is 2. The predicted octanol–water partition coefficient (Wildman–Crippen LogP) is 5.40. The molecule has 2 rings (SSSR count). The van der Waals surface area contributed by atoms with Crippen LogP contribution < -0.4 is 4.90 Å². The summed E-state index contributed by atoms with van der Waals surface area (Å²) in [6, 6.07) is 3.57.